The lowest BCUT2D eigenvalue weighted by Crippen LogP contribution is -2.27. The van der Waals surface area contributed by atoms with Crippen molar-refractivity contribution >= 4 is 5.91 Å². The van der Waals surface area contributed by atoms with Gasteiger partial charge < -0.3 is 14.2 Å². The highest BCUT2D eigenvalue weighted by Gasteiger charge is 2.36. The normalized spacial score (nSPS) is 15.7. The van der Waals surface area contributed by atoms with Crippen molar-refractivity contribution in [3.05, 3.63) is 101 Å². The highest BCUT2D eigenvalue weighted by molar-refractivity contribution is 5.78. The third-order valence-electron chi connectivity index (χ3n) is 5.85. The molecule has 1 aliphatic rings. The van der Waals surface area contributed by atoms with Gasteiger partial charge in [-0.15, -0.1) is 0 Å². The molecule has 0 radical (unpaired) electrons. The van der Waals surface area contributed by atoms with Crippen LogP contribution in [0.5, 0.6) is 5.75 Å². The monoisotopic (exact) mass is 439 g/mol. The summed E-state index contributed by atoms with van der Waals surface area (Å²) in [6.45, 7) is 3.10. The molecule has 1 saturated heterocycles. The number of carbonyl (C=O) groups is 1. The molecule has 1 atom stereocenters. The standard InChI is InChI=1S/C27H25N3O3/c1-19-6-5-9-21(16-19)17-30-24(14-15-25(30)31)27-28-26(29-33-27)22-10-12-23(13-11-22)32-18-20-7-3-2-4-8-20/h2-13,16,24H,14-15,17-18H2,1H3. The van der Waals surface area contributed by atoms with Gasteiger partial charge in [-0.25, -0.2) is 0 Å². The molecular weight excluding hydrogens is 414 g/mol. The lowest BCUT2D eigenvalue weighted by molar-refractivity contribution is -0.130. The molecule has 6 nitrogen and oxygen atoms in total. The number of nitrogens with zero attached hydrogens (tertiary/aromatic N) is 3. The smallest absolute Gasteiger partial charge is 0.249 e. The predicted octanol–water partition coefficient (Wildman–Crippen LogP) is 5.49. The van der Waals surface area contributed by atoms with Gasteiger partial charge in [0, 0.05) is 18.5 Å². The SMILES string of the molecule is Cc1cccc(CN2C(=O)CCC2c2nc(-c3ccc(OCc4ccccc4)cc3)no2)c1. The third-order valence-corrected chi connectivity index (χ3v) is 5.85. The molecule has 1 amide bonds. The van der Waals surface area contributed by atoms with Gasteiger partial charge in [0.1, 0.15) is 18.4 Å². The van der Waals surface area contributed by atoms with Crippen molar-refractivity contribution in [2.45, 2.75) is 39.0 Å². The lowest BCUT2D eigenvalue weighted by Gasteiger charge is -2.22. The van der Waals surface area contributed by atoms with Crippen molar-refractivity contribution in [1.82, 2.24) is 15.0 Å². The number of rotatable bonds is 7. The molecule has 0 bridgehead atoms. The Morgan fingerprint density at radius 1 is 1.00 bits per heavy atom. The van der Waals surface area contributed by atoms with E-state index in [2.05, 4.69) is 29.2 Å². The average Bonchev–Trinajstić information content (AvgIpc) is 3.46. The Morgan fingerprint density at radius 3 is 2.58 bits per heavy atom. The van der Waals surface area contributed by atoms with Crippen LogP contribution < -0.4 is 4.74 Å². The van der Waals surface area contributed by atoms with Crippen LogP contribution in [0, 0.1) is 6.92 Å². The summed E-state index contributed by atoms with van der Waals surface area (Å²) in [4.78, 5) is 19.0. The highest BCUT2D eigenvalue weighted by atomic mass is 16.5. The molecule has 33 heavy (non-hydrogen) atoms. The van der Waals surface area contributed by atoms with E-state index in [-0.39, 0.29) is 11.9 Å². The molecule has 0 N–H and O–H groups in total. The van der Waals surface area contributed by atoms with Crippen molar-refractivity contribution in [2.24, 2.45) is 0 Å². The van der Waals surface area contributed by atoms with Crippen LogP contribution in [-0.2, 0) is 17.9 Å². The molecule has 1 aromatic heterocycles. The Hall–Kier alpha value is -3.93. The maximum absolute atomic E-state index is 12.5. The molecule has 1 unspecified atom stereocenters. The van der Waals surface area contributed by atoms with Crippen LogP contribution in [0.1, 0.15) is 41.5 Å². The molecule has 3 aromatic carbocycles. The second-order valence-corrected chi connectivity index (χ2v) is 8.32. The highest BCUT2D eigenvalue weighted by Crippen LogP contribution is 2.34. The van der Waals surface area contributed by atoms with Gasteiger partial charge in [0.2, 0.25) is 17.6 Å². The van der Waals surface area contributed by atoms with Crippen LogP contribution in [0.2, 0.25) is 0 Å². The largest absolute Gasteiger partial charge is 0.489 e. The van der Waals surface area contributed by atoms with E-state index >= 15 is 0 Å². The minimum Gasteiger partial charge on any atom is -0.489 e. The fourth-order valence-corrected chi connectivity index (χ4v) is 4.12. The number of likely N-dealkylation sites (tertiary alicyclic amines) is 1. The van der Waals surface area contributed by atoms with Crippen molar-refractivity contribution in [3.63, 3.8) is 0 Å². The van der Waals surface area contributed by atoms with E-state index in [9.17, 15) is 4.79 Å². The minimum absolute atomic E-state index is 0.112. The van der Waals surface area contributed by atoms with Gasteiger partial charge in [0.05, 0.1) is 0 Å². The molecule has 0 spiro atoms. The number of aryl methyl sites for hydroxylation is 1. The second-order valence-electron chi connectivity index (χ2n) is 8.32. The van der Waals surface area contributed by atoms with Gasteiger partial charge in [-0.05, 0) is 48.7 Å². The first-order valence-corrected chi connectivity index (χ1v) is 11.1. The van der Waals surface area contributed by atoms with Gasteiger partial charge in [0.25, 0.3) is 0 Å². The first-order chi connectivity index (χ1) is 16.2. The van der Waals surface area contributed by atoms with Crippen LogP contribution in [0.25, 0.3) is 11.4 Å². The summed E-state index contributed by atoms with van der Waals surface area (Å²) < 4.78 is 11.4. The molecule has 2 heterocycles. The van der Waals surface area contributed by atoms with Crippen LogP contribution >= 0.6 is 0 Å². The summed E-state index contributed by atoms with van der Waals surface area (Å²) in [5, 5.41) is 4.17. The number of ether oxygens (including phenoxy) is 1. The second kappa shape index (κ2) is 9.28. The summed E-state index contributed by atoms with van der Waals surface area (Å²) in [5.74, 6) is 1.88. The van der Waals surface area contributed by atoms with Gasteiger partial charge in [-0.2, -0.15) is 4.98 Å². The summed E-state index contributed by atoms with van der Waals surface area (Å²) in [6.07, 6.45) is 1.17. The molecule has 1 aliphatic heterocycles. The zero-order valence-corrected chi connectivity index (χ0v) is 18.5. The van der Waals surface area contributed by atoms with Crippen LogP contribution in [0.3, 0.4) is 0 Å². The summed E-state index contributed by atoms with van der Waals surface area (Å²) in [7, 11) is 0. The lowest BCUT2D eigenvalue weighted by atomic mass is 10.1. The topological polar surface area (TPSA) is 68.5 Å². The van der Waals surface area contributed by atoms with E-state index in [4.69, 9.17) is 9.26 Å². The molecule has 4 aromatic rings. The summed E-state index contributed by atoms with van der Waals surface area (Å²) in [6, 6.07) is 25.7. The fraction of sp³-hybridized carbons (Fsp3) is 0.222. The maximum Gasteiger partial charge on any atom is 0.249 e. The number of carbonyl (C=O) groups excluding carboxylic acids is 1. The van der Waals surface area contributed by atoms with Gasteiger partial charge in [0.15, 0.2) is 0 Å². The molecule has 5 rings (SSSR count). The first-order valence-electron chi connectivity index (χ1n) is 11.1. The van der Waals surface area contributed by atoms with Crippen molar-refractivity contribution in [1.29, 1.82) is 0 Å². The molecule has 0 saturated carbocycles. The van der Waals surface area contributed by atoms with Crippen molar-refractivity contribution in [3.8, 4) is 17.1 Å². The zero-order valence-electron chi connectivity index (χ0n) is 18.5. The van der Waals surface area contributed by atoms with Crippen LogP contribution in [0.4, 0.5) is 0 Å². The molecule has 166 valence electrons. The third kappa shape index (κ3) is 4.80. The number of benzene rings is 3. The maximum atomic E-state index is 12.5. The fourth-order valence-electron chi connectivity index (χ4n) is 4.12. The van der Waals surface area contributed by atoms with Crippen molar-refractivity contribution in [2.75, 3.05) is 0 Å². The Balaban J connectivity index is 1.27. The van der Waals surface area contributed by atoms with Gasteiger partial charge in [-0.3, -0.25) is 4.79 Å². The number of hydrogen-bond acceptors (Lipinski definition) is 5. The van der Waals surface area contributed by atoms with Gasteiger partial charge >= 0.3 is 0 Å². The molecule has 1 fully saturated rings. The van der Waals surface area contributed by atoms with E-state index in [1.807, 2.05) is 71.6 Å². The van der Waals surface area contributed by atoms with E-state index in [0.717, 1.165) is 22.4 Å². The Kier molecular flexibility index (Phi) is 5.89. The van der Waals surface area contributed by atoms with E-state index < -0.39 is 0 Å². The van der Waals surface area contributed by atoms with Gasteiger partial charge in [-0.1, -0.05) is 65.3 Å². The molecule has 0 aliphatic carbocycles. The minimum atomic E-state index is -0.201. The van der Waals surface area contributed by atoms with Crippen molar-refractivity contribution < 1.29 is 14.1 Å². The number of hydrogen-bond donors (Lipinski definition) is 0. The van der Waals surface area contributed by atoms with Crippen LogP contribution in [-0.4, -0.2) is 20.9 Å². The molecule has 6 heteroatoms. The Bertz CT molecular complexity index is 1230. The quantitative estimate of drug-likeness (QED) is 0.381. The summed E-state index contributed by atoms with van der Waals surface area (Å²) >= 11 is 0. The van der Waals surface area contributed by atoms with E-state index in [1.54, 1.807) is 0 Å². The van der Waals surface area contributed by atoms with E-state index in [0.29, 0.717) is 37.7 Å². The predicted molar refractivity (Wildman–Crippen MR) is 124 cm³/mol. The average molecular weight is 440 g/mol. The Morgan fingerprint density at radius 2 is 1.79 bits per heavy atom. The summed E-state index contributed by atoms with van der Waals surface area (Å²) in [5.41, 5.74) is 4.23. The Labute approximate surface area is 192 Å². The van der Waals surface area contributed by atoms with Crippen LogP contribution in [0.15, 0.2) is 83.4 Å². The molecular formula is C27H25N3O3. The van der Waals surface area contributed by atoms with E-state index in [1.165, 1.54) is 5.56 Å². The number of aromatic nitrogens is 2. The zero-order chi connectivity index (χ0) is 22.6. The first kappa shape index (κ1) is 20.9. The number of amides is 1.